The summed E-state index contributed by atoms with van der Waals surface area (Å²) in [5, 5.41) is 3.97. The van der Waals surface area contributed by atoms with Crippen molar-refractivity contribution >= 4 is 23.1 Å². The van der Waals surface area contributed by atoms with Crippen molar-refractivity contribution in [2.24, 2.45) is 12.8 Å². The van der Waals surface area contributed by atoms with Gasteiger partial charge in [-0.1, -0.05) is 12.2 Å². The fraction of sp³-hybridized carbons (Fsp3) is 0.500. The molecule has 1 amide bonds. The molecule has 1 aromatic heterocycles. The molecule has 1 aliphatic heterocycles. The van der Waals surface area contributed by atoms with Gasteiger partial charge >= 0.3 is 0 Å². The summed E-state index contributed by atoms with van der Waals surface area (Å²) in [6.07, 6.45) is 1.24. The smallest absolute Gasteiger partial charge is 0.272 e. The Labute approximate surface area is 104 Å². The second-order valence-corrected chi connectivity index (χ2v) is 4.32. The van der Waals surface area contributed by atoms with E-state index in [4.69, 9.17) is 22.7 Å². The van der Waals surface area contributed by atoms with E-state index >= 15 is 0 Å². The van der Waals surface area contributed by atoms with Gasteiger partial charge in [-0.15, -0.1) is 0 Å². The Balaban J connectivity index is 2.10. The lowest BCUT2D eigenvalue weighted by Crippen LogP contribution is -2.50. The van der Waals surface area contributed by atoms with Crippen LogP contribution < -0.4 is 5.73 Å². The van der Waals surface area contributed by atoms with Gasteiger partial charge in [0.1, 0.15) is 16.8 Å². The highest BCUT2D eigenvalue weighted by Gasteiger charge is 2.27. The number of ether oxygens (including phenoxy) is 1. The van der Waals surface area contributed by atoms with Gasteiger partial charge in [0.15, 0.2) is 0 Å². The van der Waals surface area contributed by atoms with E-state index in [9.17, 15) is 4.79 Å². The fourth-order valence-corrected chi connectivity index (χ4v) is 1.89. The molecule has 0 saturated carbocycles. The lowest BCUT2D eigenvalue weighted by atomic mass is 10.2. The number of aryl methyl sites for hydroxylation is 1. The van der Waals surface area contributed by atoms with Gasteiger partial charge in [-0.05, 0) is 6.07 Å². The SMILES string of the molecule is Cn1nccc1C(=O)N1CCOC(C(N)=S)C1. The summed E-state index contributed by atoms with van der Waals surface area (Å²) >= 11 is 4.88. The van der Waals surface area contributed by atoms with Crippen LogP contribution in [0.2, 0.25) is 0 Å². The molecule has 0 aromatic carbocycles. The molecule has 1 atom stereocenters. The Morgan fingerprint density at radius 2 is 2.47 bits per heavy atom. The van der Waals surface area contributed by atoms with Crippen molar-refractivity contribution in [3.63, 3.8) is 0 Å². The summed E-state index contributed by atoms with van der Waals surface area (Å²) in [6, 6.07) is 1.69. The average Bonchev–Trinajstić information content (AvgIpc) is 2.74. The van der Waals surface area contributed by atoms with E-state index in [0.29, 0.717) is 25.4 Å². The van der Waals surface area contributed by atoms with Gasteiger partial charge in [-0.3, -0.25) is 9.48 Å². The maximum Gasteiger partial charge on any atom is 0.272 e. The summed E-state index contributed by atoms with van der Waals surface area (Å²) in [7, 11) is 1.73. The topological polar surface area (TPSA) is 73.4 Å². The summed E-state index contributed by atoms with van der Waals surface area (Å²) in [4.78, 5) is 14.1. The molecule has 0 aliphatic carbocycles. The predicted octanol–water partition coefficient (Wildman–Crippen LogP) is -0.453. The normalized spacial score (nSPS) is 20.3. The van der Waals surface area contributed by atoms with E-state index in [-0.39, 0.29) is 17.0 Å². The number of rotatable bonds is 2. The van der Waals surface area contributed by atoms with Crippen molar-refractivity contribution in [2.75, 3.05) is 19.7 Å². The van der Waals surface area contributed by atoms with E-state index < -0.39 is 0 Å². The molecule has 0 bridgehead atoms. The zero-order valence-electron chi connectivity index (χ0n) is 9.50. The van der Waals surface area contributed by atoms with Gasteiger partial charge in [0.25, 0.3) is 5.91 Å². The zero-order chi connectivity index (χ0) is 12.4. The Morgan fingerprint density at radius 1 is 1.71 bits per heavy atom. The van der Waals surface area contributed by atoms with Crippen LogP contribution in [0.5, 0.6) is 0 Å². The van der Waals surface area contributed by atoms with E-state index in [1.165, 1.54) is 0 Å². The first-order valence-corrected chi connectivity index (χ1v) is 5.68. The maximum atomic E-state index is 12.2. The number of carbonyl (C=O) groups excluding carboxylic acids is 1. The molecule has 2 heterocycles. The summed E-state index contributed by atoms with van der Waals surface area (Å²) in [5.41, 5.74) is 6.08. The minimum atomic E-state index is -0.351. The zero-order valence-corrected chi connectivity index (χ0v) is 10.3. The minimum absolute atomic E-state index is 0.0745. The molecule has 92 valence electrons. The van der Waals surface area contributed by atoms with Crippen molar-refractivity contribution in [1.82, 2.24) is 14.7 Å². The molecule has 1 aromatic rings. The summed E-state index contributed by atoms with van der Waals surface area (Å²) < 4.78 is 6.93. The fourth-order valence-electron chi connectivity index (χ4n) is 1.75. The Hall–Kier alpha value is -1.47. The number of nitrogens with two attached hydrogens (primary N) is 1. The standard InChI is InChI=1S/C10H14N4O2S/c1-13-7(2-3-12-13)10(15)14-4-5-16-8(6-14)9(11)17/h2-3,8H,4-6H2,1H3,(H2,11,17). The van der Waals surface area contributed by atoms with E-state index in [1.54, 1.807) is 28.9 Å². The average molecular weight is 254 g/mol. The van der Waals surface area contributed by atoms with Crippen LogP contribution in [-0.4, -0.2) is 51.4 Å². The highest BCUT2D eigenvalue weighted by atomic mass is 32.1. The van der Waals surface area contributed by atoms with E-state index in [0.717, 1.165) is 0 Å². The lowest BCUT2D eigenvalue weighted by molar-refractivity contribution is 0.00826. The van der Waals surface area contributed by atoms with Crippen LogP contribution in [0.15, 0.2) is 12.3 Å². The predicted molar refractivity (Wildman–Crippen MR) is 65.6 cm³/mol. The van der Waals surface area contributed by atoms with Crippen LogP contribution >= 0.6 is 12.2 Å². The highest BCUT2D eigenvalue weighted by Crippen LogP contribution is 2.10. The molecule has 0 radical (unpaired) electrons. The van der Waals surface area contributed by atoms with Crippen molar-refractivity contribution < 1.29 is 9.53 Å². The number of hydrogen-bond acceptors (Lipinski definition) is 4. The van der Waals surface area contributed by atoms with Crippen molar-refractivity contribution in [3.8, 4) is 0 Å². The molecule has 17 heavy (non-hydrogen) atoms. The molecule has 2 N–H and O–H groups in total. The number of morpholine rings is 1. The molecule has 6 nitrogen and oxygen atoms in total. The largest absolute Gasteiger partial charge is 0.391 e. The monoisotopic (exact) mass is 254 g/mol. The number of aromatic nitrogens is 2. The number of nitrogens with zero attached hydrogens (tertiary/aromatic N) is 3. The van der Waals surface area contributed by atoms with Crippen LogP contribution in [0, 0.1) is 0 Å². The molecule has 1 fully saturated rings. The maximum absolute atomic E-state index is 12.2. The van der Waals surface area contributed by atoms with E-state index in [1.807, 2.05) is 0 Å². The Morgan fingerprint density at radius 3 is 3.06 bits per heavy atom. The first kappa shape index (κ1) is 12.0. The Bertz CT molecular complexity index is 445. The molecule has 2 rings (SSSR count). The van der Waals surface area contributed by atoms with Gasteiger partial charge in [-0.25, -0.2) is 0 Å². The number of amides is 1. The first-order chi connectivity index (χ1) is 8.09. The Kier molecular flexibility index (Phi) is 3.39. The third-order valence-electron chi connectivity index (χ3n) is 2.71. The second-order valence-electron chi connectivity index (χ2n) is 3.85. The molecule has 1 aliphatic rings. The molecule has 1 saturated heterocycles. The third-order valence-corrected chi connectivity index (χ3v) is 2.97. The third kappa shape index (κ3) is 2.45. The molecule has 0 spiro atoms. The van der Waals surface area contributed by atoms with E-state index in [2.05, 4.69) is 5.10 Å². The van der Waals surface area contributed by atoms with Crippen LogP contribution in [0.25, 0.3) is 0 Å². The quantitative estimate of drug-likeness (QED) is 0.723. The number of carbonyl (C=O) groups is 1. The number of thiocarbonyl (C=S) groups is 1. The van der Waals surface area contributed by atoms with Gasteiger partial charge in [0.2, 0.25) is 0 Å². The minimum Gasteiger partial charge on any atom is -0.391 e. The van der Waals surface area contributed by atoms with Crippen molar-refractivity contribution in [1.29, 1.82) is 0 Å². The molecule has 1 unspecified atom stereocenters. The summed E-state index contributed by atoms with van der Waals surface area (Å²) in [6.45, 7) is 1.40. The number of hydrogen-bond donors (Lipinski definition) is 1. The van der Waals surface area contributed by atoms with Crippen LogP contribution in [-0.2, 0) is 11.8 Å². The lowest BCUT2D eigenvalue weighted by Gasteiger charge is -2.32. The molecule has 7 heteroatoms. The van der Waals surface area contributed by atoms with Gasteiger partial charge in [0.05, 0.1) is 13.2 Å². The van der Waals surface area contributed by atoms with Crippen molar-refractivity contribution in [2.45, 2.75) is 6.10 Å². The van der Waals surface area contributed by atoms with Crippen molar-refractivity contribution in [3.05, 3.63) is 18.0 Å². The summed E-state index contributed by atoms with van der Waals surface area (Å²) in [5.74, 6) is -0.0745. The van der Waals surface area contributed by atoms with Crippen LogP contribution in [0.4, 0.5) is 0 Å². The van der Waals surface area contributed by atoms with Gasteiger partial charge in [0, 0.05) is 19.8 Å². The van der Waals surface area contributed by atoms with Crippen LogP contribution in [0.3, 0.4) is 0 Å². The highest BCUT2D eigenvalue weighted by molar-refractivity contribution is 7.80. The first-order valence-electron chi connectivity index (χ1n) is 5.28. The van der Waals surface area contributed by atoms with Gasteiger partial charge < -0.3 is 15.4 Å². The van der Waals surface area contributed by atoms with Gasteiger partial charge in [-0.2, -0.15) is 5.10 Å². The molecular formula is C10H14N4O2S. The second kappa shape index (κ2) is 4.80. The van der Waals surface area contributed by atoms with Crippen LogP contribution in [0.1, 0.15) is 10.5 Å². The molecular weight excluding hydrogens is 240 g/mol.